The third-order valence-electron chi connectivity index (χ3n) is 5.17. The first-order chi connectivity index (χ1) is 17.4. The Balaban J connectivity index is 0.00000186. The largest absolute Gasteiger partial charge is 0.419 e. The fourth-order valence-corrected chi connectivity index (χ4v) is 3.42. The summed E-state index contributed by atoms with van der Waals surface area (Å²) in [5, 5.41) is 8.73. The topological polar surface area (TPSA) is 88.0 Å². The van der Waals surface area contributed by atoms with Gasteiger partial charge in [-0.25, -0.2) is 32.3 Å². The van der Waals surface area contributed by atoms with Gasteiger partial charge in [0, 0.05) is 22.4 Å². The molecule has 2 amide bonds. The minimum absolute atomic E-state index is 0. The highest BCUT2D eigenvalue weighted by Crippen LogP contribution is 2.35. The predicted molar refractivity (Wildman–Crippen MR) is 124 cm³/mol. The molecule has 0 aliphatic carbocycles. The van der Waals surface area contributed by atoms with Crippen molar-refractivity contribution < 1.29 is 38.4 Å². The lowest BCUT2D eigenvalue weighted by atomic mass is 10.1. The van der Waals surface area contributed by atoms with Crippen molar-refractivity contribution in [1.82, 2.24) is 25.1 Å². The third-order valence-corrected chi connectivity index (χ3v) is 5.17. The zero-order valence-electron chi connectivity index (χ0n) is 19.7. The molecule has 8 nitrogen and oxygen atoms in total. The molecule has 2 N–H and O–H groups in total. The Labute approximate surface area is 209 Å². The van der Waals surface area contributed by atoms with Crippen LogP contribution in [0.2, 0.25) is 0 Å². The molecule has 2 aromatic heterocycles. The minimum Gasteiger partial charge on any atom is -0.306 e. The summed E-state index contributed by atoms with van der Waals surface area (Å²) in [5.41, 5.74) is -2.38. The number of alkyl halides is 5. The Morgan fingerprint density at radius 2 is 1.95 bits per heavy atom. The molecule has 3 heterocycles. The van der Waals surface area contributed by atoms with Gasteiger partial charge >= 0.3 is 12.2 Å². The van der Waals surface area contributed by atoms with Crippen LogP contribution in [-0.4, -0.2) is 45.3 Å². The van der Waals surface area contributed by atoms with Crippen LogP contribution in [0.5, 0.6) is 0 Å². The summed E-state index contributed by atoms with van der Waals surface area (Å²) in [5.74, 6) is -5.86. The molecule has 1 atom stereocenters. The number of nitrogens with one attached hydrogen (secondary N) is 2. The summed E-state index contributed by atoms with van der Waals surface area (Å²) in [4.78, 5) is 20.7. The molecule has 0 saturated carbocycles. The normalized spacial score (nSPS) is 16.6. The summed E-state index contributed by atoms with van der Waals surface area (Å²) in [6.45, 7) is 3.46. The molecule has 204 valence electrons. The highest BCUT2D eigenvalue weighted by Gasteiger charge is 2.41. The molecule has 37 heavy (non-hydrogen) atoms. The quantitative estimate of drug-likeness (QED) is 0.410. The van der Waals surface area contributed by atoms with Crippen molar-refractivity contribution >= 4 is 17.4 Å². The van der Waals surface area contributed by atoms with Crippen molar-refractivity contribution in [2.24, 2.45) is 0 Å². The van der Waals surface area contributed by atoms with Crippen molar-refractivity contribution in [1.29, 1.82) is 0 Å². The van der Waals surface area contributed by atoms with Gasteiger partial charge in [0.15, 0.2) is 23.3 Å². The molecule has 1 aliphatic heterocycles. The molecular weight excluding hydrogens is 511 g/mol. The lowest BCUT2D eigenvalue weighted by molar-refractivity contribution is -0.139. The van der Waals surface area contributed by atoms with Crippen LogP contribution in [-0.2, 0) is 6.18 Å². The fourth-order valence-electron chi connectivity index (χ4n) is 3.42. The molecule has 0 radical (unpaired) electrons. The summed E-state index contributed by atoms with van der Waals surface area (Å²) >= 11 is 0. The van der Waals surface area contributed by atoms with Crippen molar-refractivity contribution in [3.8, 4) is 5.82 Å². The van der Waals surface area contributed by atoms with E-state index in [9.17, 15) is 35.5 Å². The average Bonchev–Trinajstić information content (AvgIpc) is 3.46. The van der Waals surface area contributed by atoms with E-state index in [2.05, 4.69) is 25.7 Å². The van der Waals surface area contributed by atoms with Crippen molar-refractivity contribution in [2.75, 3.05) is 23.8 Å². The van der Waals surface area contributed by atoms with Crippen molar-refractivity contribution in [2.45, 2.75) is 38.4 Å². The lowest BCUT2D eigenvalue weighted by Crippen LogP contribution is -2.32. The number of hydrogen-bond donors (Lipinski definition) is 2. The number of nitrogens with zero attached hydrogens (tertiary/aromatic N) is 5. The van der Waals surface area contributed by atoms with E-state index in [1.54, 1.807) is 0 Å². The van der Waals surface area contributed by atoms with Gasteiger partial charge < -0.3 is 10.6 Å². The number of halogens is 7. The summed E-state index contributed by atoms with van der Waals surface area (Å²) < 4.78 is 95.4. The second kappa shape index (κ2) is 10.7. The highest BCUT2D eigenvalue weighted by molar-refractivity contribution is 6.01. The summed E-state index contributed by atoms with van der Waals surface area (Å²) in [7, 11) is 1.03. The SMILES string of the molecule is CC.CN(C(=O)Nc1cnc(-n2cnc([C@@H]3CC(F)(F)CN3)n2)c(F)c1)c1cccc(C(F)(F)F)c1F.[HH].[HH]. The second-order valence-corrected chi connectivity index (χ2v) is 7.70. The number of carbonyl (C=O) groups excluding carboxylic acids is 1. The fraction of sp³-hybridized carbons (Fsp3) is 0.364. The van der Waals surface area contributed by atoms with Gasteiger partial charge in [-0.1, -0.05) is 19.9 Å². The molecule has 4 rings (SSSR count). The van der Waals surface area contributed by atoms with E-state index in [0.29, 0.717) is 11.0 Å². The van der Waals surface area contributed by atoms with Crippen LogP contribution in [0.4, 0.5) is 46.9 Å². The van der Waals surface area contributed by atoms with Gasteiger partial charge in [-0.05, 0) is 12.1 Å². The van der Waals surface area contributed by atoms with Gasteiger partial charge in [0.2, 0.25) is 0 Å². The Hall–Kier alpha value is -3.75. The number of rotatable bonds is 4. The number of urea groups is 1. The minimum atomic E-state index is -4.96. The zero-order valence-corrected chi connectivity index (χ0v) is 19.7. The first-order valence-corrected chi connectivity index (χ1v) is 10.9. The Morgan fingerprint density at radius 1 is 1.24 bits per heavy atom. The zero-order chi connectivity index (χ0) is 27.5. The molecule has 0 unspecified atom stereocenters. The molecule has 1 aliphatic rings. The smallest absolute Gasteiger partial charge is 0.306 e. The molecule has 15 heteroatoms. The summed E-state index contributed by atoms with van der Waals surface area (Å²) in [6.07, 6.45) is -3.37. The van der Waals surface area contributed by atoms with Gasteiger partial charge in [-0.3, -0.25) is 4.90 Å². The molecule has 1 aromatic carbocycles. The first-order valence-electron chi connectivity index (χ1n) is 10.9. The van der Waals surface area contributed by atoms with Crippen molar-refractivity contribution in [3.63, 3.8) is 0 Å². The third kappa shape index (κ3) is 6.15. The van der Waals surface area contributed by atoms with Crippen LogP contribution >= 0.6 is 0 Å². The molecule has 0 spiro atoms. The number of carbonyl (C=O) groups is 1. The Morgan fingerprint density at radius 3 is 2.54 bits per heavy atom. The summed E-state index contributed by atoms with van der Waals surface area (Å²) in [6, 6.07) is 1.42. The average molecular weight is 537 g/mol. The van der Waals surface area contributed by atoms with Crippen molar-refractivity contribution in [3.05, 3.63) is 59.8 Å². The van der Waals surface area contributed by atoms with Crippen LogP contribution in [0.25, 0.3) is 5.82 Å². The van der Waals surface area contributed by atoms with Crippen LogP contribution < -0.4 is 15.5 Å². The van der Waals surface area contributed by atoms with E-state index >= 15 is 0 Å². The molecule has 1 fully saturated rings. The maximum Gasteiger partial charge on any atom is 0.419 e. The highest BCUT2D eigenvalue weighted by atomic mass is 19.4. The van der Waals surface area contributed by atoms with E-state index < -0.39 is 60.0 Å². The van der Waals surface area contributed by atoms with Gasteiger partial charge in [-0.15, -0.1) is 5.10 Å². The van der Waals surface area contributed by atoms with Crippen LogP contribution in [0, 0.1) is 11.6 Å². The van der Waals surface area contributed by atoms with Gasteiger partial charge in [0.05, 0.1) is 35.7 Å². The number of benzene rings is 1. The van der Waals surface area contributed by atoms with E-state index in [1.807, 2.05) is 13.8 Å². The number of hydrogen-bond acceptors (Lipinski definition) is 5. The number of pyridine rings is 1. The Kier molecular flexibility index (Phi) is 8.05. The molecular formula is C22H26F7N7O. The van der Waals surface area contributed by atoms with E-state index in [4.69, 9.17) is 0 Å². The van der Waals surface area contributed by atoms with E-state index in [1.165, 1.54) is 0 Å². The first kappa shape index (κ1) is 27.8. The Bertz CT molecular complexity index is 1270. The van der Waals surface area contributed by atoms with Gasteiger partial charge in [0.25, 0.3) is 5.92 Å². The molecule has 3 aromatic rings. The molecule has 0 bridgehead atoms. The van der Waals surface area contributed by atoms with Crippen LogP contribution in [0.3, 0.4) is 0 Å². The lowest BCUT2D eigenvalue weighted by Gasteiger charge is -2.20. The maximum atomic E-state index is 14.6. The van der Waals surface area contributed by atoms with Gasteiger partial charge in [0.1, 0.15) is 6.33 Å². The van der Waals surface area contributed by atoms with Crippen LogP contribution in [0.15, 0.2) is 36.8 Å². The number of amides is 2. The monoisotopic (exact) mass is 537 g/mol. The van der Waals surface area contributed by atoms with E-state index in [-0.39, 0.29) is 20.2 Å². The standard InChI is InChI=1S/C20H16F7N7O.C2H6.2H2/c1-33(14-4-2-3-11(15(14)22)20(25,26)27)18(35)31-10-5-12(21)17(28-7-10)34-9-30-16(32-34)13-6-19(23,24)8-29-13;1-2;;/h2-5,7,9,13,29H,6,8H2,1H3,(H,31,35);1-2H3;2*1H/t13-;;;/m0.../s1. The van der Waals surface area contributed by atoms with Gasteiger partial charge in [-0.2, -0.15) is 17.9 Å². The number of anilines is 2. The second-order valence-electron chi connectivity index (χ2n) is 7.70. The molecule has 1 saturated heterocycles. The number of aromatic nitrogens is 4. The predicted octanol–water partition coefficient (Wildman–Crippen LogP) is 5.82. The van der Waals surface area contributed by atoms with E-state index in [0.717, 1.165) is 42.5 Å². The van der Waals surface area contributed by atoms with Crippen LogP contribution in [0.1, 0.15) is 40.6 Å². The maximum absolute atomic E-state index is 14.6.